The van der Waals surface area contributed by atoms with Crippen LogP contribution in [0.1, 0.15) is 25.3 Å². The number of aryl methyl sites for hydroxylation is 1. The second-order valence-electron chi connectivity index (χ2n) is 4.51. The minimum Gasteiger partial charge on any atom is -0.337 e. The highest BCUT2D eigenvalue weighted by molar-refractivity contribution is 5.54. The maximum atomic E-state index is 5.88. The van der Waals surface area contributed by atoms with Crippen molar-refractivity contribution in [3.63, 3.8) is 0 Å². The van der Waals surface area contributed by atoms with Gasteiger partial charge < -0.3 is 10.3 Å². The Labute approximate surface area is 94.5 Å². The van der Waals surface area contributed by atoms with Gasteiger partial charge in [-0.2, -0.15) is 4.98 Å². The number of hydrogen-bond donors (Lipinski definition) is 1. The van der Waals surface area contributed by atoms with Crippen LogP contribution in [0.25, 0.3) is 11.4 Å². The lowest BCUT2D eigenvalue weighted by molar-refractivity contribution is 0.312. The smallest absolute Gasteiger partial charge is 0.246 e. The molecule has 2 N–H and O–H groups in total. The van der Waals surface area contributed by atoms with Crippen molar-refractivity contribution in [3.05, 3.63) is 35.7 Å². The summed E-state index contributed by atoms with van der Waals surface area (Å²) < 4.78 is 5.13. The summed E-state index contributed by atoms with van der Waals surface area (Å²) in [4.78, 5) is 4.28. The molecule has 1 aromatic carbocycles. The molecule has 0 saturated heterocycles. The van der Waals surface area contributed by atoms with E-state index in [1.54, 1.807) is 0 Å². The molecule has 0 amide bonds. The van der Waals surface area contributed by atoms with E-state index in [0.717, 1.165) is 5.56 Å². The third-order valence-corrected chi connectivity index (χ3v) is 2.29. The fourth-order valence-electron chi connectivity index (χ4n) is 1.31. The first-order valence-electron chi connectivity index (χ1n) is 5.17. The van der Waals surface area contributed by atoms with Crippen molar-refractivity contribution in [2.45, 2.75) is 26.3 Å². The van der Waals surface area contributed by atoms with E-state index >= 15 is 0 Å². The van der Waals surface area contributed by atoms with E-state index in [-0.39, 0.29) is 0 Å². The number of rotatable bonds is 2. The van der Waals surface area contributed by atoms with Crippen LogP contribution in [0.2, 0.25) is 0 Å². The average molecular weight is 217 g/mol. The second-order valence-corrected chi connectivity index (χ2v) is 4.51. The van der Waals surface area contributed by atoms with Gasteiger partial charge in [-0.15, -0.1) is 0 Å². The monoisotopic (exact) mass is 217 g/mol. The van der Waals surface area contributed by atoms with Crippen LogP contribution in [0.3, 0.4) is 0 Å². The molecule has 2 rings (SSSR count). The molecule has 0 fully saturated rings. The highest BCUT2D eigenvalue weighted by Crippen LogP contribution is 2.20. The summed E-state index contributed by atoms with van der Waals surface area (Å²) in [6.07, 6.45) is 0. The molecule has 16 heavy (non-hydrogen) atoms. The van der Waals surface area contributed by atoms with Crippen molar-refractivity contribution in [2.24, 2.45) is 5.73 Å². The lowest BCUT2D eigenvalue weighted by Crippen LogP contribution is -2.28. The van der Waals surface area contributed by atoms with Crippen molar-refractivity contribution < 1.29 is 4.52 Å². The van der Waals surface area contributed by atoms with Crippen LogP contribution in [0, 0.1) is 6.92 Å². The molecule has 84 valence electrons. The number of nitrogens with zero attached hydrogens (tertiary/aromatic N) is 2. The maximum absolute atomic E-state index is 5.88. The molecule has 0 aliphatic rings. The van der Waals surface area contributed by atoms with Crippen molar-refractivity contribution in [3.8, 4) is 11.4 Å². The van der Waals surface area contributed by atoms with Gasteiger partial charge in [0.05, 0.1) is 5.54 Å². The van der Waals surface area contributed by atoms with Gasteiger partial charge in [0.15, 0.2) is 0 Å². The Balaban J connectivity index is 2.35. The zero-order chi connectivity index (χ0) is 11.8. The lowest BCUT2D eigenvalue weighted by Gasteiger charge is -2.10. The van der Waals surface area contributed by atoms with Gasteiger partial charge in [-0.05, 0) is 20.8 Å². The zero-order valence-corrected chi connectivity index (χ0v) is 9.69. The Morgan fingerprint density at radius 1 is 1.19 bits per heavy atom. The Morgan fingerprint density at radius 2 is 1.81 bits per heavy atom. The third kappa shape index (κ3) is 2.12. The molecule has 1 aromatic heterocycles. The van der Waals surface area contributed by atoms with E-state index in [0.29, 0.717) is 11.7 Å². The van der Waals surface area contributed by atoms with Gasteiger partial charge in [-0.1, -0.05) is 35.0 Å². The largest absolute Gasteiger partial charge is 0.337 e. The standard InChI is InChI=1S/C12H15N3O/c1-8-4-6-9(7-5-8)10-14-11(16-15-10)12(2,3)13/h4-7H,13H2,1-3H3. The fourth-order valence-corrected chi connectivity index (χ4v) is 1.31. The van der Waals surface area contributed by atoms with Crippen LogP contribution >= 0.6 is 0 Å². The molecule has 1 heterocycles. The first-order valence-corrected chi connectivity index (χ1v) is 5.17. The van der Waals surface area contributed by atoms with Crippen LogP contribution in [0.5, 0.6) is 0 Å². The minimum absolute atomic E-state index is 0.447. The Morgan fingerprint density at radius 3 is 2.31 bits per heavy atom. The van der Waals surface area contributed by atoms with Crippen molar-refractivity contribution in [1.29, 1.82) is 0 Å². The minimum atomic E-state index is -0.601. The normalized spacial score (nSPS) is 11.8. The molecule has 0 saturated carbocycles. The van der Waals surface area contributed by atoms with E-state index in [4.69, 9.17) is 10.3 Å². The summed E-state index contributed by atoms with van der Waals surface area (Å²) in [6, 6.07) is 7.96. The topological polar surface area (TPSA) is 64.9 Å². The number of hydrogen-bond acceptors (Lipinski definition) is 4. The fraction of sp³-hybridized carbons (Fsp3) is 0.333. The Kier molecular flexibility index (Phi) is 2.52. The SMILES string of the molecule is Cc1ccc(-c2noc(C(C)(C)N)n2)cc1. The summed E-state index contributed by atoms with van der Waals surface area (Å²) in [7, 11) is 0. The Hall–Kier alpha value is -1.68. The van der Waals surface area contributed by atoms with Crippen molar-refractivity contribution >= 4 is 0 Å². The number of aromatic nitrogens is 2. The van der Waals surface area contributed by atoms with Gasteiger partial charge in [-0.25, -0.2) is 0 Å². The van der Waals surface area contributed by atoms with Crippen LogP contribution in [0.4, 0.5) is 0 Å². The number of nitrogens with two attached hydrogens (primary N) is 1. The van der Waals surface area contributed by atoms with E-state index in [1.807, 2.05) is 45.0 Å². The molecule has 0 bridgehead atoms. The maximum Gasteiger partial charge on any atom is 0.246 e. The number of benzene rings is 1. The van der Waals surface area contributed by atoms with Gasteiger partial charge in [0.2, 0.25) is 11.7 Å². The van der Waals surface area contributed by atoms with Gasteiger partial charge in [0.1, 0.15) is 0 Å². The summed E-state index contributed by atoms with van der Waals surface area (Å²) in [6.45, 7) is 5.70. The summed E-state index contributed by atoms with van der Waals surface area (Å²) in [5.74, 6) is 1.02. The summed E-state index contributed by atoms with van der Waals surface area (Å²) in [5, 5.41) is 3.92. The van der Waals surface area contributed by atoms with Crippen LogP contribution < -0.4 is 5.73 Å². The molecule has 4 nitrogen and oxygen atoms in total. The van der Waals surface area contributed by atoms with Crippen molar-refractivity contribution in [1.82, 2.24) is 10.1 Å². The van der Waals surface area contributed by atoms with Crippen LogP contribution in [-0.4, -0.2) is 10.1 Å². The zero-order valence-electron chi connectivity index (χ0n) is 9.69. The molecule has 4 heteroatoms. The molecule has 2 aromatic rings. The lowest BCUT2D eigenvalue weighted by atomic mass is 10.1. The Bertz CT molecular complexity index is 480. The highest BCUT2D eigenvalue weighted by Gasteiger charge is 2.22. The molecule has 0 unspecified atom stereocenters. The van der Waals surface area contributed by atoms with Crippen LogP contribution in [-0.2, 0) is 5.54 Å². The quantitative estimate of drug-likeness (QED) is 0.837. The molecule has 0 atom stereocenters. The summed E-state index contributed by atoms with van der Waals surface area (Å²) >= 11 is 0. The molecule has 0 aliphatic carbocycles. The first kappa shape index (κ1) is 10.8. The molecule has 0 aliphatic heterocycles. The van der Waals surface area contributed by atoms with Gasteiger partial charge in [0, 0.05) is 5.56 Å². The van der Waals surface area contributed by atoms with Gasteiger partial charge in [-0.3, -0.25) is 0 Å². The van der Waals surface area contributed by atoms with Gasteiger partial charge >= 0.3 is 0 Å². The molecule has 0 radical (unpaired) electrons. The predicted molar refractivity (Wildman–Crippen MR) is 61.7 cm³/mol. The molecular formula is C12H15N3O. The van der Waals surface area contributed by atoms with E-state index < -0.39 is 5.54 Å². The van der Waals surface area contributed by atoms with Crippen LogP contribution in [0.15, 0.2) is 28.8 Å². The van der Waals surface area contributed by atoms with E-state index in [2.05, 4.69) is 10.1 Å². The molecular weight excluding hydrogens is 202 g/mol. The van der Waals surface area contributed by atoms with Gasteiger partial charge in [0.25, 0.3) is 0 Å². The highest BCUT2D eigenvalue weighted by atomic mass is 16.5. The third-order valence-electron chi connectivity index (χ3n) is 2.29. The van der Waals surface area contributed by atoms with E-state index in [9.17, 15) is 0 Å². The summed E-state index contributed by atoms with van der Waals surface area (Å²) in [5.41, 5.74) is 7.41. The average Bonchev–Trinajstić information content (AvgIpc) is 2.67. The second kappa shape index (κ2) is 3.72. The van der Waals surface area contributed by atoms with E-state index in [1.165, 1.54) is 5.56 Å². The molecule has 0 spiro atoms. The van der Waals surface area contributed by atoms with Crippen molar-refractivity contribution in [2.75, 3.05) is 0 Å². The predicted octanol–water partition coefficient (Wildman–Crippen LogP) is 2.24. The first-order chi connectivity index (χ1) is 7.47.